The molecular formula is C7H8N4S. The fourth-order valence-electron chi connectivity index (χ4n) is 1.16. The van der Waals surface area contributed by atoms with E-state index < -0.39 is 0 Å². The molecule has 2 rings (SSSR count). The molecule has 0 radical (unpaired) electrons. The number of hydrogen-bond donors (Lipinski definition) is 3. The Kier molecular flexibility index (Phi) is 1.67. The lowest BCUT2D eigenvalue weighted by molar-refractivity contribution is 1.07. The summed E-state index contributed by atoms with van der Waals surface area (Å²) in [7, 11) is 0. The molecule has 12 heavy (non-hydrogen) atoms. The molecule has 0 aliphatic carbocycles. The lowest BCUT2D eigenvalue weighted by atomic mass is 10.2. The highest BCUT2D eigenvalue weighted by molar-refractivity contribution is 7.71. The molecule has 2 aromatic rings. The summed E-state index contributed by atoms with van der Waals surface area (Å²) in [6.45, 7) is 0.488. The van der Waals surface area contributed by atoms with Crippen molar-refractivity contribution in [3.8, 4) is 0 Å². The molecule has 0 aromatic carbocycles. The van der Waals surface area contributed by atoms with Crippen molar-refractivity contribution < 1.29 is 0 Å². The largest absolute Gasteiger partial charge is 0.329 e. The number of imidazole rings is 1. The number of H-pyrrole nitrogens is 2. The Labute approximate surface area is 73.8 Å². The Hall–Kier alpha value is -1.20. The quantitative estimate of drug-likeness (QED) is 0.575. The maximum Gasteiger partial charge on any atom is 0.176 e. The highest BCUT2D eigenvalue weighted by Crippen LogP contribution is 2.11. The minimum atomic E-state index is 0.488. The van der Waals surface area contributed by atoms with Crippen molar-refractivity contribution in [1.82, 2.24) is 15.0 Å². The van der Waals surface area contributed by atoms with Gasteiger partial charge in [0.15, 0.2) is 10.4 Å². The molecule has 0 unspecified atom stereocenters. The molecule has 0 spiro atoms. The van der Waals surface area contributed by atoms with E-state index in [2.05, 4.69) is 15.0 Å². The molecule has 0 fully saturated rings. The van der Waals surface area contributed by atoms with Crippen molar-refractivity contribution in [2.75, 3.05) is 0 Å². The molecule has 62 valence electrons. The molecule has 4 nitrogen and oxygen atoms in total. The van der Waals surface area contributed by atoms with Crippen molar-refractivity contribution in [2.24, 2.45) is 5.73 Å². The first kappa shape index (κ1) is 7.45. The van der Waals surface area contributed by atoms with Gasteiger partial charge in [-0.2, -0.15) is 0 Å². The molecule has 0 amide bonds. The van der Waals surface area contributed by atoms with Gasteiger partial charge in [0.2, 0.25) is 0 Å². The topological polar surface area (TPSA) is 70.5 Å². The molecule has 0 bridgehead atoms. The van der Waals surface area contributed by atoms with E-state index in [9.17, 15) is 0 Å². The van der Waals surface area contributed by atoms with Gasteiger partial charge in [0.1, 0.15) is 0 Å². The van der Waals surface area contributed by atoms with Gasteiger partial charge in [-0.3, -0.25) is 0 Å². The van der Waals surface area contributed by atoms with Crippen LogP contribution in [0.25, 0.3) is 11.2 Å². The summed E-state index contributed by atoms with van der Waals surface area (Å²) >= 11 is 4.93. The van der Waals surface area contributed by atoms with Gasteiger partial charge in [-0.1, -0.05) is 0 Å². The predicted octanol–water partition coefficient (Wildman–Crippen LogP) is 1.08. The second-order valence-corrected chi connectivity index (χ2v) is 2.89. The van der Waals surface area contributed by atoms with Gasteiger partial charge in [0, 0.05) is 12.7 Å². The maximum atomic E-state index is 5.53. The third-order valence-corrected chi connectivity index (χ3v) is 1.93. The van der Waals surface area contributed by atoms with E-state index in [-0.39, 0.29) is 0 Å². The first-order valence-corrected chi connectivity index (χ1v) is 3.98. The summed E-state index contributed by atoms with van der Waals surface area (Å²) in [4.78, 5) is 10.0. The molecular weight excluding hydrogens is 172 g/mol. The number of fused-ring (bicyclic) bond motifs is 1. The number of pyridine rings is 1. The predicted molar refractivity (Wildman–Crippen MR) is 49.2 cm³/mol. The first-order valence-electron chi connectivity index (χ1n) is 3.57. The van der Waals surface area contributed by atoms with Crippen LogP contribution in [0.2, 0.25) is 0 Å². The summed E-state index contributed by atoms with van der Waals surface area (Å²) < 4.78 is 0.582. The fraction of sp³-hybridized carbons (Fsp3) is 0.143. The summed E-state index contributed by atoms with van der Waals surface area (Å²) in [6, 6.07) is 1.88. The molecule has 0 saturated heterocycles. The van der Waals surface area contributed by atoms with E-state index in [4.69, 9.17) is 18.0 Å². The number of nitrogens with two attached hydrogens (primary N) is 1. The van der Waals surface area contributed by atoms with Crippen molar-refractivity contribution in [1.29, 1.82) is 0 Å². The zero-order valence-corrected chi connectivity index (χ0v) is 7.11. The minimum Gasteiger partial charge on any atom is -0.329 e. The molecule has 0 aliphatic heterocycles. The maximum absolute atomic E-state index is 5.53. The minimum absolute atomic E-state index is 0.488. The Morgan fingerprint density at radius 1 is 1.50 bits per heavy atom. The van der Waals surface area contributed by atoms with Gasteiger partial charge in [0.05, 0.1) is 5.52 Å². The molecule has 5 heteroatoms. The fourth-order valence-corrected chi connectivity index (χ4v) is 1.36. The molecule has 0 aliphatic rings. The van der Waals surface area contributed by atoms with Gasteiger partial charge in [0.25, 0.3) is 0 Å². The van der Waals surface area contributed by atoms with E-state index in [0.29, 0.717) is 11.3 Å². The Morgan fingerprint density at radius 3 is 3.08 bits per heavy atom. The lowest BCUT2D eigenvalue weighted by Crippen LogP contribution is -1.97. The zero-order chi connectivity index (χ0) is 8.55. The number of hydrogen-bond acceptors (Lipinski definition) is 3. The number of nitrogens with one attached hydrogen (secondary N) is 2. The third kappa shape index (κ3) is 1.03. The van der Waals surface area contributed by atoms with Crippen molar-refractivity contribution >= 4 is 23.4 Å². The molecule has 0 atom stereocenters. The summed E-state index contributed by atoms with van der Waals surface area (Å²) in [5, 5.41) is 0. The van der Waals surface area contributed by atoms with Crippen LogP contribution < -0.4 is 5.73 Å². The normalized spacial score (nSPS) is 10.8. The van der Waals surface area contributed by atoms with Gasteiger partial charge in [-0.25, -0.2) is 4.98 Å². The Bertz CT molecular complexity index is 456. The van der Waals surface area contributed by atoms with Gasteiger partial charge < -0.3 is 15.7 Å². The number of aromatic amines is 2. The first-order chi connectivity index (χ1) is 5.81. The molecule has 2 aromatic heterocycles. The monoisotopic (exact) mass is 180 g/mol. The molecule has 0 saturated carbocycles. The van der Waals surface area contributed by atoms with Crippen LogP contribution in [0.15, 0.2) is 12.3 Å². The Morgan fingerprint density at radius 2 is 2.33 bits per heavy atom. The summed E-state index contributed by atoms with van der Waals surface area (Å²) in [6.07, 6.45) is 1.71. The van der Waals surface area contributed by atoms with Gasteiger partial charge in [-0.15, -0.1) is 0 Å². The number of rotatable bonds is 1. The standard InChI is InChI=1S/C7H8N4S/c8-3-4-1-2-9-6-5(4)10-7(12)11-6/h1-2H,3,8H2,(H2,9,10,11,12). The second kappa shape index (κ2) is 2.69. The average molecular weight is 180 g/mol. The Balaban J connectivity index is 2.87. The highest BCUT2D eigenvalue weighted by Gasteiger charge is 2.00. The van der Waals surface area contributed by atoms with Crippen LogP contribution in [0.1, 0.15) is 5.56 Å². The summed E-state index contributed by atoms with van der Waals surface area (Å²) in [5.41, 5.74) is 8.22. The van der Waals surface area contributed by atoms with E-state index in [1.165, 1.54) is 0 Å². The van der Waals surface area contributed by atoms with Crippen LogP contribution in [0.5, 0.6) is 0 Å². The van der Waals surface area contributed by atoms with Crippen LogP contribution >= 0.6 is 12.2 Å². The van der Waals surface area contributed by atoms with Crippen LogP contribution in [-0.4, -0.2) is 15.0 Å². The smallest absolute Gasteiger partial charge is 0.176 e. The summed E-state index contributed by atoms with van der Waals surface area (Å²) in [5.74, 6) is 0. The SMILES string of the molecule is NCc1ccnc2[nH]c(=S)[nH]c12. The van der Waals surface area contributed by atoms with Crippen LogP contribution in [0, 0.1) is 4.77 Å². The van der Waals surface area contributed by atoms with E-state index in [1.807, 2.05) is 6.07 Å². The van der Waals surface area contributed by atoms with Crippen LogP contribution in [0.4, 0.5) is 0 Å². The number of nitrogens with zero attached hydrogens (tertiary/aromatic N) is 1. The lowest BCUT2D eigenvalue weighted by Gasteiger charge is -1.95. The van der Waals surface area contributed by atoms with Crippen molar-refractivity contribution in [3.05, 3.63) is 22.6 Å². The zero-order valence-electron chi connectivity index (χ0n) is 6.29. The third-order valence-electron chi connectivity index (χ3n) is 1.73. The number of aromatic nitrogens is 3. The molecule has 4 N–H and O–H groups in total. The van der Waals surface area contributed by atoms with Gasteiger partial charge >= 0.3 is 0 Å². The second-order valence-electron chi connectivity index (χ2n) is 2.48. The van der Waals surface area contributed by atoms with E-state index in [1.54, 1.807) is 6.20 Å². The van der Waals surface area contributed by atoms with Crippen LogP contribution in [0.3, 0.4) is 0 Å². The van der Waals surface area contributed by atoms with Gasteiger partial charge in [-0.05, 0) is 23.8 Å². The van der Waals surface area contributed by atoms with Crippen molar-refractivity contribution in [2.45, 2.75) is 6.54 Å². The highest BCUT2D eigenvalue weighted by atomic mass is 32.1. The van der Waals surface area contributed by atoms with E-state index in [0.717, 1.165) is 16.7 Å². The average Bonchev–Trinajstić information content (AvgIpc) is 2.44. The van der Waals surface area contributed by atoms with Crippen LogP contribution in [-0.2, 0) is 6.54 Å². The molecule has 2 heterocycles. The van der Waals surface area contributed by atoms with E-state index >= 15 is 0 Å². The van der Waals surface area contributed by atoms with Crippen molar-refractivity contribution in [3.63, 3.8) is 0 Å².